The van der Waals surface area contributed by atoms with Gasteiger partial charge in [-0.05, 0) is 54.7 Å². The van der Waals surface area contributed by atoms with Crippen LogP contribution in [0.25, 0.3) is 11.1 Å². The van der Waals surface area contributed by atoms with Crippen molar-refractivity contribution in [3.8, 4) is 22.6 Å². The van der Waals surface area contributed by atoms with Crippen LogP contribution in [0, 0.1) is 0 Å². The number of carbonyl (C=O) groups is 2. The molecule has 0 aliphatic heterocycles. The molecule has 0 aromatic heterocycles. The van der Waals surface area contributed by atoms with Gasteiger partial charge in [-0.25, -0.2) is 0 Å². The molecule has 0 bridgehead atoms. The molecule has 6 heteroatoms. The Labute approximate surface area is 183 Å². The molecule has 0 heterocycles. The van der Waals surface area contributed by atoms with Crippen LogP contribution >= 0.6 is 0 Å². The van der Waals surface area contributed by atoms with Crippen LogP contribution in [0.1, 0.15) is 63.0 Å². The molecule has 0 fully saturated rings. The molecule has 0 saturated carbocycles. The Bertz CT molecular complexity index is 874. The summed E-state index contributed by atoms with van der Waals surface area (Å²) >= 11 is 0. The quantitative estimate of drug-likeness (QED) is 0.346. The Hall–Kier alpha value is -3.02. The Balaban J connectivity index is 2.27. The summed E-state index contributed by atoms with van der Waals surface area (Å²) in [7, 11) is 0. The normalized spacial score (nSPS) is 10.7. The summed E-state index contributed by atoms with van der Waals surface area (Å²) in [6.45, 7) is 2.73. The maximum atomic E-state index is 11.0. The van der Waals surface area contributed by atoms with Crippen molar-refractivity contribution in [2.45, 2.75) is 64.7 Å². The number of hydrogen-bond donors (Lipinski definition) is 3. The molecular weight excluding hydrogens is 396 g/mol. The number of ether oxygens (including phenoxy) is 1. The summed E-state index contributed by atoms with van der Waals surface area (Å²) in [4.78, 5) is 21.9. The number of aryl methyl sites for hydroxylation is 2. The smallest absolute Gasteiger partial charge is 0.303 e. The third-order valence-corrected chi connectivity index (χ3v) is 5.16. The molecule has 0 radical (unpaired) electrons. The first kappa shape index (κ1) is 24.3. The summed E-state index contributed by atoms with van der Waals surface area (Å²) < 4.78 is 6.02. The molecule has 2 rings (SSSR count). The van der Waals surface area contributed by atoms with E-state index in [2.05, 4.69) is 6.92 Å². The largest absolute Gasteiger partial charge is 0.507 e. The van der Waals surface area contributed by atoms with Gasteiger partial charge in [-0.15, -0.1) is 0 Å². The lowest BCUT2D eigenvalue weighted by molar-refractivity contribution is -0.138. The first-order valence-corrected chi connectivity index (χ1v) is 10.9. The summed E-state index contributed by atoms with van der Waals surface area (Å²) in [5.74, 6) is -1.05. The maximum absolute atomic E-state index is 11.0. The zero-order chi connectivity index (χ0) is 22.6. The minimum atomic E-state index is -0.877. The van der Waals surface area contributed by atoms with Gasteiger partial charge in [-0.2, -0.15) is 0 Å². The van der Waals surface area contributed by atoms with Crippen molar-refractivity contribution in [3.05, 3.63) is 47.5 Å². The molecule has 0 unspecified atom stereocenters. The highest BCUT2D eigenvalue weighted by Crippen LogP contribution is 2.38. The second kappa shape index (κ2) is 12.6. The molecule has 0 amide bonds. The van der Waals surface area contributed by atoms with Gasteiger partial charge in [0.2, 0.25) is 0 Å². The van der Waals surface area contributed by atoms with Gasteiger partial charge >= 0.3 is 11.9 Å². The average molecular weight is 429 g/mol. The minimum Gasteiger partial charge on any atom is -0.507 e. The molecule has 3 N–H and O–H groups in total. The lowest BCUT2D eigenvalue weighted by Gasteiger charge is -2.15. The number of carboxylic acids is 2. The van der Waals surface area contributed by atoms with E-state index in [0.29, 0.717) is 36.3 Å². The van der Waals surface area contributed by atoms with Gasteiger partial charge in [0.1, 0.15) is 11.5 Å². The van der Waals surface area contributed by atoms with Crippen molar-refractivity contribution >= 4 is 11.9 Å². The van der Waals surface area contributed by atoms with Crippen LogP contribution < -0.4 is 4.74 Å². The fourth-order valence-corrected chi connectivity index (χ4v) is 3.41. The van der Waals surface area contributed by atoms with Crippen molar-refractivity contribution in [1.82, 2.24) is 0 Å². The van der Waals surface area contributed by atoms with Crippen molar-refractivity contribution in [2.75, 3.05) is 6.61 Å². The number of phenolic OH excluding ortho intramolecular Hbond substituents is 1. The van der Waals surface area contributed by atoms with E-state index in [1.807, 2.05) is 18.2 Å². The zero-order valence-corrected chi connectivity index (χ0v) is 18.1. The lowest BCUT2D eigenvalue weighted by atomic mass is 9.96. The summed E-state index contributed by atoms with van der Waals surface area (Å²) in [5.41, 5.74) is 2.88. The van der Waals surface area contributed by atoms with E-state index >= 15 is 0 Å². The van der Waals surface area contributed by atoms with Crippen LogP contribution in [0.3, 0.4) is 0 Å². The van der Waals surface area contributed by atoms with Crippen LogP contribution in [0.5, 0.6) is 11.5 Å². The zero-order valence-electron chi connectivity index (χ0n) is 18.1. The Morgan fingerprint density at radius 1 is 0.806 bits per heavy atom. The molecule has 168 valence electrons. The third kappa shape index (κ3) is 8.32. The number of phenols is 1. The van der Waals surface area contributed by atoms with Crippen molar-refractivity contribution in [3.63, 3.8) is 0 Å². The molecule has 2 aromatic rings. The van der Waals surface area contributed by atoms with Crippen molar-refractivity contribution < 1.29 is 29.6 Å². The first-order valence-electron chi connectivity index (χ1n) is 10.9. The van der Waals surface area contributed by atoms with Gasteiger partial charge in [-0.3, -0.25) is 9.59 Å². The second-order valence-electron chi connectivity index (χ2n) is 7.73. The predicted molar refractivity (Wildman–Crippen MR) is 120 cm³/mol. The molecule has 6 nitrogen and oxygen atoms in total. The molecule has 0 saturated heterocycles. The standard InChI is InChI=1S/C25H32O6/c1-2-3-4-5-6-15-31-23-12-8-19(10-14-25(29)30)17-21(23)20-16-18(7-11-22(20)26)9-13-24(27)28/h7-8,11-12,16-17,26H,2-6,9-10,13-15H2,1H3,(H,27,28)(H,29,30). The summed E-state index contributed by atoms with van der Waals surface area (Å²) in [6, 6.07) is 10.6. The van der Waals surface area contributed by atoms with Gasteiger partial charge < -0.3 is 20.1 Å². The average Bonchev–Trinajstić information content (AvgIpc) is 2.74. The minimum absolute atomic E-state index is 0.00395. The van der Waals surface area contributed by atoms with Gasteiger partial charge in [0, 0.05) is 24.0 Å². The SMILES string of the molecule is CCCCCCCOc1ccc(CCC(=O)O)cc1-c1cc(CCC(=O)O)ccc1O. The number of rotatable bonds is 14. The fourth-order valence-electron chi connectivity index (χ4n) is 3.41. The second-order valence-corrected chi connectivity index (χ2v) is 7.73. The van der Waals surface area contributed by atoms with Crippen LogP contribution in [0.2, 0.25) is 0 Å². The van der Waals surface area contributed by atoms with Crippen LogP contribution in [0.15, 0.2) is 36.4 Å². The number of unbranched alkanes of at least 4 members (excludes halogenated alkanes) is 4. The number of carboxylic acid groups (broad SMARTS) is 2. The third-order valence-electron chi connectivity index (χ3n) is 5.16. The number of aromatic hydroxyl groups is 1. The van der Waals surface area contributed by atoms with Crippen molar-refractivity contribution in [1.29, 1.82) is 0 Å². The van der Waals surface area contributed by atoms with E-state index < -0.39 is 11.9 Å². The first-order chi connectivity index (χ1) is 14.9. The Morgan fingerprint density at radius 3 is 2.00 bits per heavy atom. The van der Waals surface area contributed by atoms with E-state index in [-0.39, 0.29) is 18.6 Å². The van der Waals surface area contributed by atoms with Crippen molar-refractivity contribution in [2.24, 2.45) is 0 Å². The maximum Gasteiger partial charge on any atom is 0.303 e. The molecule has 0 atom stereocenters. The molecule has 0 aliphatic rings. The van der Waals surface area contributed by atoms with Crippen LogP contribution in [-0.2, 0) is 22.4 Å². The fraction of sp³-hybridized carbons (Fsp3) is 0.440. The highest BCUT2D eigenvalue weighted by atomic mass is 16.5. The number of hydrogen-bond acceptors (Lipinski definition) is 4. The molecule has 0 aliphatic carbocycles. The number of aliphatic carboxylic acids is 2. The van der Waals surface area contributed by atoms with Crippen LogP contribution in [-0.4, -0.2) is 33.9 Å². The topological polar surface area (TPSA) is 104 Å². The van der Waals surface area contributed by atoms with E-state index in [9.17, 15) is 14.7 Å². The number of benzene rings is 2. The predicted octanol–water partition coefficient (Wildman–Crippen LogP) is 5.44. The highest BCUT2D eigenvalue weighted by Gasteiger charge is 2.14. The Kier molecular flexibility index (Phi) is 9.88. The van der Waals surface area contributed by atoms with Gasteiger partial charge in [0.05, 0.1) is 6.61 Å². The van der Waals surface area contributed by atoms with E-state index in [1.165, 1.54) is 19.3 Å². The molecule has 31 heavy (non-hydrogen) atoms. The molecular formula is C25H32O6. The summed E-state index contributed by atoms with van der Waals surface area (Å²) in [5, 5.41) is 28.5. The van der Waals surface area contributed by atoms with E-state index in [4.69, 9.17) is 14.9 Å². The lowest BCUT2D eigenvalue weighted by Crippen LogP contribution is -2.02. The van der Waals surface area contributed by atoms with Gasteiger partial charge in [-0.1, -0.05) is 44.7 Å². The van der Waals surface area contributed by atoms with Crippen LogP contribution in [0.4, 0.5) is 0 Å². The molecule has 2 aromatic carbocycles. The van der Waals surface area contributed by atoms with Gasteiger partial charge in [0.15, 0.2) is 0 Å². The monoisotopic (exact) mass is 428 g/mol. The highest BCUT2D eigenvalue weighted by molar-refractivity contribution is 5.77. The van der Waals surface area contributed by atoms with E-state index in [1.54, 1.807) is 18.2 Å². The molecule has 0 spiro atoms. The summed E-state index contributed by atoms with van der Waals surface area (Å²) in [6.07, 6.45) is 6.34. The van der Waals surface area contributed by atoms with E-state index in [0.717, 1.165) is 24.0 Å². The Morgan fingerprint density at radius 2 is 1.39 bits per heavy atom. The van der Waals surface area contributed by atoms with Gasteiger partial charge in [0.25, 0.3) is 0 Å².